The predicted octanol–water partition coefficient (Wildman–Crippen LogP) is 2.84. The van der Waals surface area contributed by atoms with Crippen LogP contribution in [0.1, 0.15) is 35.1 Å². The van der Waals surface area contributed by atoms with E-state index in [1.54, 1.807) is 22.8 Å². The number of nitrogens with zero attached hydrogens (tertiary/aromatic N) is 2. The van der Waals surface area contributed by atoms with E-state index >= 15 is 0 Å². The Morgan fingerprint density at radius 3 is 2.83 bits per heavy atom. The highest BCUT2D eigenvalue weighted by Gasteiger charge is 2.21. The first-order chi connectivity index (χ1) is 13.9. The molecule has 7 nitrogen and oxygen atoms in total. The van der Waals surface area contributed by atoms with Gasteiger partial charge in [0.05, 0.1) is 16.5 Å². The molecule has 0 aliphatic carbocycles. The van der Waals surface area contributed by atoms with Gasteiger partial charge in [0, 0.05) is 18.7 Å². The molecule has 0 saturated heterocycles. The van der Waals surface area contributed by atoms with Crippen molar-refractivity contribution in [1.29, 1.82) is 0 Å². The van der Waals surface area contributed by atoms with E-state index in [1.165, 1.54) is 13.0 Å². The highest BCUT2D eigenvalue weighted by Crippen LogP contribution is 2.17. The van der Waals surface area contributed by atoms with Gasteiger partial charge in [0.25, 0.3) is 11.5 Å². The zero-order valence-electron chi connectivity index (χ0n) is 16.3. The van der Waals surface area contributed by atoms with Gasteiger partial charge in [-0.15, -0.1) is 0 Å². The second-order valence-corrected chi connectivity index (χ2v) is 7.23. The Kier molecular flexibility index (Phi) is 4.88. The summed E-state index contributed by atoms with van der Waals surface area (Å²) in [6.07, 6.45) is 0.661. The van der Waals surface area contributed by atoms with Crippen molar-refractivity contribution in [3.63, 3.8) is 0 Å². The normalized spacial score (nSPS) is 13.7. The molecule has 0 spiro atoms. The predicted molar refractivity (Wildman–Crippen MR) is 109 cm³/mol. The molecule has 1 aliphatic rings. The van der Waals surface area contributed by atoms with Crippen LogP contribution in [0.3, 0.4) is 0 Å². The van der Waals surface area contributed by atoms with Crippen molar-refractivity contribution in [2.45, 2.75) is 39.3 Å². The van der Waals surface area contributed by atoms with Gasteiger partial charge in [0.15, 0.2) is 6.10 Å². The van der Waals surface area contributed by atoms with E-state index in [0.29, 0.717) is 23.1 Å². The van der Waals surface area contributed by atoms with Crippen LogP contribution in [-0.4, -0.2) is 27.5 Å². The minimum atomic E-state index is -0.975. The van der Waals surface area contributed by atoms with Crippen molar-refractivity contribution >= 4 is 28.5 Å². The summed E-state index contributed by atoms with van der Waals surface area (Å²) in [5.74, 6) is -0.320. The molecule has 1 aliphatic heterocycles. The van der Waals surface area contributed by atoms with Crippen molar-refractivity contribution in [3.05, 3.63) is 69.8 Å². The molecule has 29 heavy (non-hydrogen) atoms. The van der Waals surface area contributed by atoms with Gasteiger partial charge in [-0.1, -0.05) is 12.1 Å². The summed E-state index contributed by atoms with van der Waals surface area (Å²) in [6.45, 7) is 4.12. The molecular weight excluding hydrogens is 370 g/mol. The van der Waals surface area contributed by atoms with E-state index in [0.717, 1.165) is 24.2 Å². The zero-order chi connectivity index (χ0) is 20.5. The Hall–Kier alpha value is -3.48. The maximum atomic E-state index is 12.5. The van der Waals surface area contributed by atoms with Gasteiger partial charge >= 0.3 is 5.97 Å². The number of anilines is 1. The number of aryl methyl sites for hydroxylation is 2. The van der Waals surface area contributed by atoms with Crippen LogP contribution >= 0.6 is 0 Å². The fraction of sp³-hybridized carbons (Fsp3) is 0.273. The number of benzene rings is 2. The third kappa shape index (κ3) is 3.76. The maximum Gasteiger partial charge on any atom is 0.338 e. The molecule has 0 unspecified atom stereocenters. The number of ether oxygens (including phenoxy) is 1. The number of nitrogens with one attached hydrogen (secondary N) is 1. The standard InChI is InChI=1S/C22H21N3O4/c1-13-5-3-6-16(11-13)23-20(26)14(2)29-22(28)15-8-9-17-18(12-15)24-19-7-4-10-25(19)21(17)27/h3,5-6,8-9,11-12,14H,4,7,10H2,1-2H3,(H,23,26)/t14-/m1/s1. The molecule has 148 valence electrons. The third-order valence-electron chi connectivity index (χ3n) is 4.99. The molecule has 0 fully saturated rings. The number of fused-ring (bicyclic) bond motifs is 2. The summed E-state index contributed by atoms with van der Waals surface area (Å²) in [4.78, 5) is 41.9. The Morgan fingerprint density at radius 2 is 2.03 bits per heavy atom. The van der Waals surface area contributed by atoms with Gasteiger partial charge in [-0.25, -0.2) is 9.78 Å². The van der Waals surface area contributed by atoms with E-state index in [2.05, 4.69) is 10.3 Å². The van der Waals surface area contributed by atoms with E-state index < -0.39 is 18.0 Å². The summed E-state index contributed by atoms with van der Waals surface area (Å²) in [5.41, 5.74) is 2.28. The summed E-state index contributed by atoms with van der Waals surface area (Å²) < 4.78 is 6.99. The van der Waals surface area contributed by atoms with Crippen molar-refractivity contribution in [3.8, 4) is 0 Å². The number of hydrogen-bond donors (Lipinski definition) is 1. The Labute approximate surface area is 167 Å². The molecule has 2 aromatic carbocycles. The van der Waals surface area contributed by atoms with Crippen molar-refractivity contribution in [1.82, 2.24) is 9.55 Å². The number of carbonyl (C=O) groups excluding carboxylic acids is 2. The molecule has 1 atom stereocenters. The smallest absolute Gasteiger partial charge is 0.338 e. The monoisotopic (exact) mass is 391 g/mol. The van der Waals surface area contributed by atoms with Crippen molar-refractivity contribution < 1.29 is 14.3 Å². The third-order valence-corrected chi connectivity index (χ3v) is 4.99. The molecule has 1 N–H and O–H groups in total. The molecule has 0 radical (unpaired) electrons. The highest BCUT2D eigenvalue weighted by molar-refractivity contribution is 5.98. The fourth-order valence-electron chi connectivity index (χ4n) is 3.46. The van der Waals surface area contributed by atoms with Gasteiger partial charge in [0.2, 0.25) is 0 Å². The molecule has 0 saturated carbocycles. The summed E-state index contributed by atoms with van der Waals surface area (Å²) in [6, 6.07) is 12.0. The summed E-state index contributed by atoms with van der Waals surface area (Å²) in [7, 11) is 0. The van der Waals surface area contributed by atoms with E-state index in [9.17, 15) is 14.4 Å². The number of amides is 1. The first kappa shape index (κ1) is 18.9. The van der Waals surface area contributed by atoms with E-state index in [1.807, 2.05) is 25.1 Å². The van der Waals surface area contributed by atoms with E-state index in [4.69, 9.17) is 4.74 Å². The topological polar surface area (TPSA) is 90.3 Å². The molecule has 1 aromatic heterocycles. The van der Waals surface area contributed by atoms with Crippen LogP contribution in [0.2, 0.25) is 0 Å². The molecular formula is C22H21N3O4. The quantitative estimate of drug-likeness (QED) is 0.691. The fourth-order valence-corrected chi connectivity index (χ4v) is 3.46. The molecule has 2 heterocycles. The van der Waals surface area contributed by atoms with Crippen molar-refractivity contribution in [2.75, 3.05) is 5.32 Å². The highest BCUT2D eigenvalue weighted by atomic mass is 16.5. The minimum absolute atomic E-state index is 0.0895. The lowest BCUT2D eigenvalue weighted by Crippen LogP contribution is -2.30. The molecule has 0 bridgehead atoms. The van der Waals surface area contributed by atoms with Gasteiger partial charge in [-0.3, -0.25) is 14.2 Å². The van der Waals surface area contributed by atoms with Gasteiger partial charge in [0.1, 0.15) is 5.82 Å². The lowest BCUT2D eigenvalue weighted by atomic mass is 10.1. The van der Waals surface area contributed by atoms with Crippen LogP contribution in [0.15, 0.2) is 47.3 Å². The SMILES string of the molecule is Cc1cccc(NC(=O)[C@@H](C)OC(=O)c2ccc3c(=O)n4c(nc3c2)CCC4)c1. The second kappa shape index (κ2) is 7.50. The maximum absolute atomic E-state index is 12.5. The van der Waals surface area contributed by atoms with Gasteiger partial charge in [-0.05, 0) is 56.2 Å². The van der Waals surface area contributed by atoms with Crippen LogP contribution in [0.4, 0.5) is 5.69 Å². The molecule has 3 aromatic rings. The lowest BCUT2D eigenvalue weighted by molar-refractivity contribution is -0.123. The average Bonchev–Trinajstić information content (AvgIpc) is 3.16. The summed E-state index contributed by atoms with van der Waals surface area (Å²) in [5, 5.41) is 3.20. The van der Waals surface area contributed by atoms with E-state index in [-0.39, 0.29) is 11.1 Å². The van der Waals surface area contributed by atoms with Crippen LogP contribution in [-0.2, 0) is 22.5 Å². The first-order valence-electron chi connectivity index (χ1n) is 9.54. The Bertz CT molecular complexity index is 1180. The first-order valence-corrected chi connectivity index (χ1v) is 9.54. The number of carbonyl (C=O) groups is 2. The van der Waals surface area contributed by atoms with Crippen molar-refractivity contribution in [2.24, 2.45) is 0 Å². The Balaban J connectivity index is 1.50. The summed E-state index contributed by atoms with van der Waals surface area (Å²) >= 11 is 0. The number of aromatic nitrogens is 2. The minimum Gasteiger partial charge on any atom is -0.449 e. The lowest BCUT2D eigenvalue weighted by Gasteiger charge is -2.14. The average molecular weight is 391 g/mol. The van der Waals surface area contributed by atoms with Crippen LogP contribution < -0.4 is 10.9 Å². The number of esters is 1. The van der Waals surface area contributed by atoms with Crippen LogP contribution in [0.5, 0.6) is 0 Å². The second-order valence-electron chi connectivity index (χ2n) is 7.23. The molecule has 7 heteroatoms. The van der Waals surface area contributed by atoms with Gasteiger partial charge < -0.3 is 10.1 Å². The van der Waals surface area contributed by atoms with Gasteiger partial charge in [-0.2, -0.15) is 0 Å². The van der Waals surface area contributed by atoms with Crippen LogP contribution in [0, 0.1) is 6.92 Å². The number of hydrogen-bond acceptors (Lipinski definition) is 5. The Morgan fingerprint density at radius 1 is 1.21 bits per heavy atom. The molecule has 1 amide bonds. The zero-order valence-corrected chi connectivity index (χ0v) is 16.3. The van der Waals surface area contributed by atoms with Crippen LogP contribution in [0.25, 0.3) is 10.9 Å². The largest absolute Gasteiger partial charge is 0.449 e. The number of rotatable bonds is 4. The molecule has 4 rings (SSSR count).